The van der Waals surface area contributed by atoms with Crippen LogP contribution >= 0.6 is 0 Å². The minimum Gasteiger partial charge on any atom is -0.314 e. The van der Waals surface area contributed by atoms with E-state index in [2.05, 4.69) is 17.4 Å². The quantitative estimate of drug-likeness (QED) is 0.813. The Morgan fingerprint density at radius 1 is 1.11 bits per heavy atom. The van der Waals surface area contributed by atoms with Gasteiger partial charge in [0.05, 0.1) is 0 Å². The normalized spacial score (nSPS) is 10.5. The fourth-order valence-corrected chi connectivity index (χ4v) is 1.86. The van der Waals surface area contributed by atoms with Crippen LogP contribution in [-0.4, -0.2) is 11.1 Å². The van der Waals surface area contributed by atoms with E-state index in [-0.39, 0.29) is 5.56 Å². The summed E-state index contributed by atoms with van der Waals surface area (Å²) < 4.78 is 1.74. The Balaban J connectivity index is 1.82. The van der Waals surface area contributed by atoms with Crippen molar-refractivity contribution in [3.8, 4) is 0 Å². The number of nitrogens with one attached hydrogen (secondary N) is 1. The van der Waals surface area contributed by atoms with Gasteiger partial charge in [0, 0.05) is 31.4 Å². The van der Waals surface area contributed by atoms with Crippen molar-refractivity contribution in [3.63, 3.8) is 0 Å². The second-order valence-corrected chi connectivity index (χ2v) is 4.35. The predicted octanol–water partition coefficient (Wildman–Crippen LogP) is 1.95. The highest BCUT2D eigenvalue weighted by Crippen LogP contribution is 1.96. The maximum absolute atomic E-state index is 11.8. The molecule has 1 aromatic carbocycles. The van der Waals surface area contributed by atoms with E-state index in [9.17, 15) is 4.79 Å². The second-order valence-electron chi connectivity index (χ2n) is 4.35. The van der Waals surface area contributed by atoms with Crippen molar-refractivity contribution in [1.82, 2.24) is 9.88 Å². The molecule has 0 saturated carbocycles. The Bertz CT molecular complexity index is 546. The Kier molecular flexibility index (Phi) is 4.31. The first-order valence-corrected chi connectivity index (χ1v) is 6.18. The fraction of sp³-hybridized carbons (Fsp3) is 0.267. The Hall–Kier alpha value is -1.87. The predicted molar refractivity (Wildman–Crippen MR) is 73.6 cm³/mol. The molecular weight excluding hydrogens is 224 g/mol. The third-order valence-corrected chi connectivity index (χ3v) is 2.91. The van der Waals surface area contributed by atoms with Crippen molar-refractivity contribution in [2.75, 3.05) is 6.54 Å². The van der Waals surface area contributed by atoms with Gasteiger partial charge in [-0.3, -0.25) is 4.79 Å². The highest BCUT2D eigenvalue weighted by Gasteiger charge is 1.97. The number of aryl methyl sites for hydroxylation is 1. The van der Waals surface area contributed by atoms with Gasteiger partial charge in [-0.15, -0.1) is 0 Å². The van der Waals surface area contributed by atoms with E-state index in [0.717, 1.165) is 18.7 Å². The van der Waals surface area contributed by atoms with Crippen LogP contribution in [0, 0.1) is 6.92 Å². The molecular formula is C15H18N2O. The SMILES string of the molecule is Cc1cccn(CCNCc2ccccc2)c1=O. The van der Waals surface area contributed by atoms with Gasteiger partial charge in [-0.25, -0.2) is 0 Å². The molecule has 0 fully saturated rings. The van der Waals surface area contributed by atoms with Crippen molar-refractivity contribution in [1.29, 1.82) is 0 Å². The van der Waals surface area contributed by atoms with Gasteiger partial charge >= 0.3 is 0 Å². The molecule has 0 aliphatic rings. The lowest BCUT2D eigenvalue weighted by Crippen LogP contribution is -2.27. The van der Waals surface area contributed by atoms with E-state index in [1.54, 1.807) is 4.57 Å². The van der Waals surface area contributed by atoms with Crippen LogP contribution < -0.4 is 10.9 Å². The lowest BCUT2D eigenvalue weighted by molar-refractivity contribution is 0.583. The zero-order chi connectivity index (χ0) is 12.8. The molecule has 0 saturated heterocycles. The molecule has 2 aromatic rings. The summed E-state index contributed by atoms with van der Waals surface area (Å²) in [5.74, 6) is 0. The standard InChI is InChI=1S/C15H18N2O/c1-13-6-5-10-17(15(13)18)11-9-16-12-14-7-3-2-4-8-14/h2-8,10,16H,9,11-12H2,1H3. The van der Waals surface area contributed by atoms with Gasteiger partial charge < -0.3 is 9.88 Å². The van der Waals surface area contributed by atoms with Crippen molar-refractivity contribution in [2.24, 2.45) is 0 Å². The lowest BCUT2D eigenvalue weighted by atomic mass is 10.2. The molecule has 0 amide bonds. The van der Waals surface area contributed by atoms with E-state index < -0.39 is 0 Å². The molecule has 0 aliphatic carbocycles. The summed E-state index contributed by atoms with van der Waals surface area (Å²) in [4.78, 5) is 11.8. The summed E-state index contributed by atoms with van der Waals surface area (Å²) in [6.07, 6.45) is 1.83. The minimum absolute atomic E-state index is 0.0963. The van der Waals surface area contributed by atoms with Crippen LogP contribution in [0.25, 0.3) is 0 Å². The Morgan fingerprint density at radius 3 is 2.67 bits per heavy atom. The number of pyridine rings is 1. The molecule has 0 bridgehead atoms. The maximum atomic E-state index is 11.8. The minimum atomic E-state index is 0.0963. The lowest BCUT2D eigenvalue weighted by Gasteiger charge is -2.08. The molecule has 0 unspecified atom stereocenters. The van der Waals surface area contributed by atoms with E-state index in [1.807, 2.05) is 43.5 Å². The summed E-state index contributed by atoms with van der Waals surface area (Å²) in [5.41, 5.74) is 2.15. The van der Waals surface area contributed by atoms with E-state index in [1.165, 1.54) is 5.56 Å². The zero-order valence-electron chi connectivity index (χ0n) is 10.6. The summed E-state index contributed by atoms with van der Waals surface area (Å²) in [6.45, 7) is 4.17. The molecule has 0 aliphatic heterocycles. The fourth-order valence-electron chi connectivity index (χ4n) is 1.86. The molecule has 18 heavy (non-hydrogen) atoms. The summed E-state index contributed by atoms with van der Waals surface area (Å²) >= 11 is 0. The van der Waals surface area contributed by atoms with Gasteiger partial charge in [0.15, 0.2) is 0 Å². The van der Waals surface area contributed by atoms with Gasteiger partial charge in [-0.05, 0) is 18.6 Å². The summed E-state index contributed by atoms with van der Waals surface area (Å²) in [6, 6.07) is 14.0. The first-order chi connectivity index (χ1) is 8.77. The summed E-state index contributed by atoms with van der Waals surface area (Å²) in [5, 5.41) is 3.34. The molecule has 2 rings (SSSR count). The van der Waals surface area contributed by atoms with Gasteiger partial charge in [0.1, 0.15) is 0 Å². The summed E-state index contributed by atoms with van der Waals surface area (Å²) in [7, 11) is 0. The average Bonchev–Trinajstić information content (AvgIpc) is 2.40. The largest absolute Gasteiger partial charge is 0.314 e. The van der Waals surface area contributed by atoms with Crippen molar-refractivity contribution < 1.29 is 0 Å². The van der Waals surface area contributed by atoms with Crippen molar-refractivity contribution in [2.45, 2.75) is 20.0 Å². The van der Waals surface area contributed by atoms with E-state index >= 15 is 0 Å². The van der Waals surface area contributed by atoms with Gasteiger partial charge in [-0.1, -0.05) is 36.4 Å². The van der Waals surface area contributed by atoms with Gasteiger partial charge in [-0.2, -0.15) is 0 Å². The topological polar surface area (TPSA) is 34.0 Å². The highest BCUT2D eigenvalue weighted by atomic mass is 16.1. The number of rotatable bonds is 5. The van der Waals surface area contributed by atoms with Gasteiger partial charge in [0.2, 0.25) is 0 Å². The number of hydrogen-bond acceptors (Lipinski definition) is 2. The first-order valence-electron chi connectivity index (χ1n) is 6.18. The molecule has 0 radical (unpaired) electrons. The van der Waals surface area contributed by atoms with Crippen LogP contribution in [0.5, 0.6) is 0 Å². The molecule has 1 N–H and O–H groups in total. The average molecular weight is 242 g/mol. The van der Waals surface area contributed by atoms with Crippen molar-refractivity contribution in [3.05, 3.63) is 70.1 Å². The van der Waals surface area contributed by atoms with Crippen LogP contribution in [0.4, 0.5) is 0 Å². The van der Waals surface area contributed by atoms with Gasteiger partial charge in [0.25, 0.3) is 5.56 Å². The number of hydrogen-bond donors (Lipinski definition) is 1. The number of benzene rings is 1. The zero-order valence-corrected chi connectivity index (χ0v) is 10.6. The molecule has 3 heteroatoms. The monoisotopic (exact) mass is 242 g/mol. The number of aromatic nitrogens is 1. The smallest absolute Gasteiger partial charge is 0.253 e. The highest BCUT2D eigenvalue weighted by molar-refractivity contribution is 5.14. The molecule has 0 spiro atoms. The van der Waals surface area contributed by atoms with E-state index in [0.29, 0.717) is 6.54 Å². The number of nitrogens with zero attached hydrogens (tertiary/aromatic N) is 1. The van der Waals surface area contributed by atoms with Crippen LogP contribution in [0.1, 0.15) is 11.1 Å². The molecule has 1 aromatic heterocycles. The van der Waals surface area contributed by atoms with Crippen LogP contribution in [0.15, 0.2) is 53.5 Å². The molecule has 1 heterocycles. The third-order valence-electron chi connectivity index (χ3n) is 2.91. The maximum Gasteiger partial charge on any atom is 0.253 e. The van der Waals surface area contributed by atoms with Crippen LogP contribution in [-0.2, 0) is 13.1 Å². The molecule has 0 atom stereocenters. The Labute approximate surface area is 107 Å². The molecule has 94 valence electrons. The molecule has 3 nitrogen and oxygen atoms in total. The van der Waals surface area contributed by atoms with Crippen LogP contribution in [0.3, 0.4) is 0 Å². The van der Waals surface area contributed by atoms with Crippen molar-refractivity contribution >= 4 is 0 Å². The first kappa shape index (κ1) is 12.6. The third kappa shape index (κ3) is 3.31. The second kappa shape index (κ2) is 6.17. The van der Waals surface area contributed by atoms with E-state index in [4.69, 9.17) is 0 Å². The Morgan fingerprint density at radius 2 is 1.89 bits per heavy atom. The van der Waals surface area contributed by atoms with Crippen LogP contribution in [0.2, 0.25) is 0 Å².